The van der Waals surface area contributed by atoms with E-state index in [2.05, 4.69) is 53.1 Å². The smallest absolute Gasteiger partial charge is 0.330 e. The van der Waals surface area contributed by atoms with Gasteiger partial charge in [-0.15, -0.1) is 0 Å². The van der Waals surface area contributed by atoms with Crippen LogP contribution in [0.3, 0.4) is 0 Å². The number of hydrogen-bond acceptors (Lipinski definition) is 5. The van der Waals surface area contributed by atoms with Crippen molar-refractivity contribution in [2.24, 2.45) is 12.5 Å². The first-order valence-corrected chi connectivity index (χ1v) is 11.4. The fourth-order valence-corrected chi connectivity index (χ4v) is 4.59. The van der Waals surface area contributed by atoms with Crippen LogP contribution in [0, 0.1) is 5.41 Å². The Bertz CT molecular complexity index is 1410. The highest BCUT2D eigenvalue weighted by atomic mass is 16.2. The van der Waals surface area contributed by atoms with Crippen LogP contribution in [0.25, 0.3) is 11.2 Å². The molecule has 4 heterocycles. The molecule has 2 N–H and O–H groups in total. The van der Waals surface area contributed by atoms with Crippen LogP contribution in [-0.4, -0.2) is 42.6 Å². The fourth-order valence-electron chi connectivity index (χ4n) is 4.59. The summed E-state index contributed by atoms with van der Waals surface area (Å²) in [5.74, 6) is 0.792. The Morgan fingerprint density at radius 2 is 2.00 bits per heavy atom. The monoisotopic (exact) mass is 459 g/mol. The molecule has 0 spiro atoms. The first kappa shape index (κ1) is 21.9. The number of carbonyl (C=O) groups is 1. The van der Waals surface area contributed by atoms with Gasteiger partial charge in [-0.3, -0.25) is 13.9 Å². The van der Waals surface area contributed by atoms with Crippen molar-refractivity contribution in [1.29, 1.82) is 0 Å². The second-order valence-corrected chi connectivity index (χ2v) is 10.1. The topological polar surface area (TPSA) is 101 Å². The molecule has 4 aromatic rings. The third-order valence-corrected chi connectivity index (χ3v) is 6.08. The number of anilines is 2. The highest BCUT2D eigenvalue weighted by molar-refractivity contribution is 5.90. The van der Waals surface area contributed by atoms with Crippen LogP contribution in [-0.2, 0) is 20.0 Å². The molecule has 0 radical (unpaired) electrons. The van der Waals surface area contributed by atoms with Crippen LogP contribution < -0.4 is 15.9 Å². The zero-order valence-electron chi connectivity index (χ0n) is 19.9. The number of aryl methyl sites for hydroxylation is 1. The zero-order valence-corrected chi connectivity index (χ0v) is 19.9. The van der Waals surface area contributed by atoms with Gasteiger partial charge in [0, 0.05) is 38.2 Å². The summed E-state index contributed by atoms with van der Waals surface area (Å²) >= 11 is 0. The summed E-state index contributed by atoms with van der Waals surface area (Å²) in [4.78, 5) is 39.5. The number of benzene rings is 1. The van der Waals surface area contributed by atoms with Gasteiger partial charge in [-0.1, -0.05) is 39.0 Å². The maximum Gasteiger partial charge on any atom is 0.330 e. The van der Waals surface area contributed by atoms with Crippen LogP contribution in [0.1, 0.15) is 37.0 Å². The summed E-state index contributed by atoms with van der Waals surface area (Å²) in [7, 11) is 1.76. The summed E-state index contributed by atoms with van der Waals surface area (Å²) in [6, 6.07) is 11.9. The lowest BCUT2D eigenvalue weighted by Crippen LogP contribution is -2.47. The normalized spacial score (nSPS) is 16.0. The number of H-pyrrole nitrogens is 1. The molecule has 0 aliphatic carbocycles. The summed E-state index contributed by atoms with van der Waals surface area (Å²) in [6.45, 7) is 7.50. The molecule has 0 saturated heterocycles. The van der Waals surface area contributed by atoms with Gasteiger partial charge in [-0.25, -0.2) is 14.8 Å². The van der Waals surface area contributed by atoms with Gasteiger partial charge < -0.3 is 15.2 Å². The maximum atomic E-state index is 13.0. The Morgan fingerprint density at radius 1 is 1.21 bits per heavy atom. The number of imidazole rings is 2. The van der Waals surface area contributed by atoms with E-state index in [1.807, 2.05) is 24.3 Å². The lowest BCUT2D eigenvalue weighted by molar-refractivity contribution is 0.0928. The number of amides is 1. The molecule has 1 unspecified atom stereocenters. The van der Waals surface area contributed by atoms with E-state index < -0.39 is 0 Å². The number of nitrogens with one attached hydrogen (secondary N) is 2. The number of carbonyl (C=O) groups excluding carboxylic acids is 1. The third kappa shape index (κ3) is 3.98. The number of pyridine rings is 1. The minimum atomic E-state index is -0.237. The van der Waals surface area contributed by atoms with E-state index in [1.54, 1.807) is 28.6 Å². The second-order valence-electron chi connectivity index (χ2n) is 10.1. The average molecular weight is 460 g/mol. The van der Waals surface area contributed by atoms with Crippen molar-refractivity contribution in [3.8, 4) is 0 Å². The molecule has 0 fully saturated rings. The molecule has 176 valence electrons. The Balaban J connectivity index is 1.52. The predicted octanol–water partition coefficient (Wildman–Crippen LogP) is 3.00. The Hall–Kier alpha value is -3.88. The number of para-hydroxylation sites is 1. The number of rotatable bonds is 4. The maximum absolute atomic E-state index is 13.0. The quantitative estimate of drug-likeness (QED) is 0.489. The number of aromatic nitrogens is 5. The van der Waals surface area contributed by atoms with Crippen molar-refractivity contribution in [3.63, 3.8) is 0 Å². The number of fused-ring (bicyclic) bond motifs is 2. The lowest BCUT2D eigenvalue weighted by Gasteiger charge is -2.35. The SMILES string of the molecule is Cn1c(=O)n(CC(C)(C)C)c2ccc(N3CC(NC(=O)c4ncc[nH]4)Cc4ccccc43)nc21. The van der Waals surface area contributed by atoms with E-state index >= 15 is 0 Å². The first-order valence-electron chi connectivity index (χ1n) is 11.4. The van der Waals surface area contributed by atoms with Gasteiger partial charge in [0.25, 0.3) is 5.91 Å². The zero-order chi connectivity index (χ0) is 24.0. The van der Waals surface area contributed by atoms with E-state index in [1.165, 1.54) is 0 Å². The Labute approximate surface area is 197 Å². The van der Waals surface area contributed by atoms with E-state index in [-0.39, 0.29) is 23.1 Å². The molecule has 34 heavy (non-hydrogen) atoms. The molecule has 9 nitrogen and oxygen atoms in total. The summed E-state index contributed by atoms with van der Waals surface area (Å²) in [5.41, 5.74) is 3.53. The van der Waals surface area contributed by atoms with Crippen LogP contribution in [0.4, 0.5) is 11.5 Å². The van der Waals surface area contributed by atoms with Gasteiger partial charge in [-0.05, 0) is 35.6 Å². The van der Waals surface area contributed by atoms with Gasteiger partial charge in [0.05, 0.1) is 11.6 Å². The predicted molar refractivity (Wildman–Crippen MR) is 131 cm³/mol. The number of nitrogens with zero attached hydrogens (tertiary/aromatic N) is 5. The molecular formula is C25H29N7O2. The molecule has 1 aromatic carbocycles. The molecular weight excluding hydrogens is 430 g/mol. The molecule has 1 aliphatic heterocycles. The van der Waals surface area contributed by atoms with E-state index in [0.717, 1.165) is 22.6 Å². The Morgan fingerprint density at radius 3 is 2.74 bits per heavy atom. The minimum Gasteiger partial charge on any atom is -0.345 e. The molecule has 3 aromatic heterocycles. The largest absolute Gasteiger partial charge is 0.345 e. The first-order chi connectivity index (χ1) is 16.2. The van der Waals surface area contributed by atoms with Gasteiger partial charge in [-0.2, -0.15) is 0 Å². The molecule has 1 amide bonds. The van der Waals surface area contributed by atoms with Crippen molar-refractivity contribution in [2.45, 2.75) is 39.8 Å². The average Bonchev–Trinajstić information content (AvgIpc) is 3.42. The molecule has 9 heteroatoms. The van der Waals surface area contributed by atoms with Gasteiger partial charge in [0.2, 0.25) is 0 Å². The summed E-state index contributed by atoms with van der Waals surface area (Å²) in [5, 5.41) is 3.09. The van der Waals surface area contributed by atoms with E-state index in [4.69, 9.17) is 4.98 Å². The standard InChI is InChI=1S/C25H29N7O2/c1-25(2,3)15-32-19-9-10-20(29-22(19)30(4)24(32)34)31-14-17(13-16-7-5-6-8-18(16)31)28-23(33)21-26-11-12-27-21/h5-12,17H,13-15H2,1-4H3,(H,26,27)(H,28,33). The van der Waals surface area contributed by atoms with Crippen molar-refractivity contribution in [3.05, 3.63) is 70.7 Å². The van der Waals surface area contributed by atoms with Crippen LogP contribution in [0.2, 0.25) is 0 Å². The van der Waals surface area contributed by atoms with Crippen molar-refractivity contribution >= 4 is 28.6 Å². The Kier molecular flexibility index (Phi) is 5.27. The second kappa shape index (κ2) is 8.16. The van der Waals surface area contributed by atoms with Crippen molar-refractivity contribution < 1.29 is 4.79 Å². The molecule has 0 bridgehead atoms. The summed E-state index contributed by atoms with van der Waals surface area (Å²) < 4.78 is 3.40. The third-order valence-electron chi connectivity index (χ3n) is 6.08. The van der Waals surface area contributed by atoms with Crippen LogP contribution in [0.5, 0.6) is 0 Å². The van der Waals surface area contributed by atoms with Crippen LogP contribution in [0.15, 0.2) is 53.6 Å². The molecule has 5 rings (SSSR count). The fraction of sp³-hybridized carbons (Fsp3) is 0.360. The van der Waals surface area contributed by atoms with Crippen molar-refractivity contribution in [1.82, 2.24) is 29.4 Å². The highest BCUT2D eigenvalue weighted by Gasteiger charge is 2.28. The van der Waals surface area contributed by atoms with E-state index in [0.29, 0.717) is 31.0 Å². The van der Waals surface area contributed by atoms with E-state index in [9.17, 15) is 9.59 Å². The summed E-state index contributed by atoms with van der Waals surface area (Å²) in [6.07, 6.45) is 3.90. The van der Waals surface area contributed by atoms with Crippen LogP contribution >= 0.6 is 0 Å². The van der Waals surface area contributed by atoms with Gasteiger partial charge in [0.1, 0.15) is 5.82 Å². The number of aromatic amines is 1. The molecule has 1 aliphatic rings. The van der Waals surface area contributed by atoms with Gasteiger partial charge in [0.15, 0.2) is 11.5 Å². The minimum absolute atomic E-state index is 0.0397. The number of hydrogen-bond donors (Lipinski definition) is 2. The molecule has 1 atom stereocenters. The lowest BCUT2D eigenvalue weighted by atomic mass is 9.97. The van der Waals surface area contributed by atoms with Crippen molar-refractivity contribution in [2.75, 3.05) is 11.4 Å². The molecule has 0 saturated carbocycles. The highest BCUT2D eigenvalue weighted by Crippen LogP contribution is 2.33. The van der Waals surface area contributed by atoms with Gasteiger partial charge >= 0.3 is 5.69 Å².